The van der Waals surface area contributed by atoms with Crippen molar-refractivity contribution in [3.8, 4) is 0 Å². The third-order valence-electron chi connectivity index (χ3n) is 1.45. The Bertz CT molecular complexity index is 258. The highest BCUT2D eigenvalue weighted by atomic mass is 79.9. The predicted octanol–water partition coefficient (Wildman–Crippen LogP) is 2.10. The highest BCUT2D eigenvalue weighted by Crippen LogP contribution is 2.26. The van der Waals surface area contributed by atoms with E-state index in [1.165, 1.54) is 0 Å². The van der Waals surface area contributed by atoms with E-state index in [-0.39, 0.29) is 0 Å². The van der Waals surface area contributed by atoms with Crippen molar-refractivity contribution in [3.05, 3.63) is 22.7 Å². The van der Waals surface area contributed by atoms with Gasteiger partial charge in [0.15, 0.2) is 0 Å². The first-order valence-corrected chi connectivity index (χ1v) is 4.13. The van der Waals surface area contributed by atoms with Crippen LogP contribution in [0.4, 0.5) is 11.4 Å². The van der Waals surface area contributed by atoms with Crippen molar-refractivity contribution in [2.75, 3.05) is 24.7 Å². The monoisotopic (exact) mass is 214 g/mol. The normalized spacial score (nSPS) is 9.73. The molecular weight excluding hydrogens is 204 g/mol. The zero-order chi connectivity index (χ0) is 8.43. The number of hydrogen-bond acceptors (Lipinski definition) is 2. The highest BCUT2D eigenvalue weighted by Gasteiger charge is 2.00. The second-order valence-electron chi connectivity index (χ2n) is 2.61. The smallest absolute Gasteiger partial charge is 0.0506 e. The molecule has 0 fully saturated rings. The summed E-state index contributed by atoms with van der Waals surface area (Å²) < 4.78 is 1.03. The van der Waals surface area contributed by atoms with E-state index in [0.29, 0.717) is 0 Å². The van der Waals surface area contributed by atoms with Gasteiger partial charge in [0.05, 0.1) is 5.69 Å². The summed E-state index contributed by atoms with van der Waals surface area (Å²) in [6.07, 6.45) is 0. The molecule has 0 bridgehead atoms. The molecule has 1 rings (SSSR count). The number of anilines is 2. The van der Waals surface area contributed by atoms with Gasteiger partial charge in [0, 0.05) is 24.3 Å². The lowest BCUT2D eigenvalue weighted by molar-refractivity contribution is 1.13. The maximum absolute atomic E-state index is 5.58. The number of hydrogen-bond donors (Lipinski definition) is 1. The summed E-state index contributed by atoms with van der Waals surface area (Å²) >= 11 is 3.43. The summed E-state index contributed by atoms with van der Waals surface area (Å²) in [4.78, 5) is 2.03. The zero-order valence-electron chi connectivity index (χ0n) is 6.63. The first kappa shape index (κ1) is 8.40. The van der Waals surface area contributed by atoms with Gasteiger partial charge in [0.2, 0.25) is 0 Å². The molecule has 0 unspecified atom stereocenters. The molecule has 0 spiro atoms. The van der Waals surface area contributed by atoms with Crippen LogP contribution in [-0.2, 0) is 0 Å². The third kappa shape index (κ3) is 1.87. The Morgan fingerprint density at radius 2 is 2.00 bits per heavy atom. The average Bonchev–Trinajstić information content (AvgIpc) is 1.85. The van der Waals surface area contributed by atoms with Crippen LogP contribution in [0.3, 0.4) is 0 Å². The van der Waals surface area contributed by atoms with E-state index in [9.17, 15) is 0 Å². The quantitative estimate of drug-likeness (QED) is 0.727. The lowest BCUT2D eigenvalue weighted by Crippen LogP contribution is -2.09. The lowest BCUT2D eigenvalue weighted by atomic mass is 10.3. The Hall–Kier alpha value is -0.700. The maximum atomic E-state index is 5.58. The molecular formula is C8H11BrN2. The molecule has 2 N–H and O–H groups in total. The first-order valence-electron chi connectivity index (χ1n) is 3.33. The topological polar surface area (TPSA) is 29.3 Å². The van der Waals surface area contributed by atoms with Gasteiger partial charge < -0.3 is 10.6 Å². The second kappa shape index (κ2) is 3.13. The van der Waals surface area contributed by atoms with Gasteiger partial charge in [0.1, 0.15) is 0 Å². The minimum atomic E-state index is 0.780. The van der Waals surface area contributed by atoms with Crippen LogP contribution in [0.25, 0.3) is 0 Å². The minimum absolute atomic E-state index is 0.780. The molecule has 3 heteroatoms. The second-order valence-corrected chi connectivity index (χ2v) is 3.46. The van der Waals surface area contributed by atoms with Crippen LogP contribution in [0.5, 0.6) is 0 Å². The van der Waals surface area contributed by atoms with Gasteiger partial charge in [-0.2, -0.15) is 0 Å². The average molecular weight is 215 g/mol. The number of halogens is 1. The molecule has 0 heterocycles. The summed E-state index contributed by atoms with van der Waals surface area (Å²) in [6, 6.07) is 5.77. The van der Waals surface area contributed by atoms with Gasteiger partial charge in [-0.05, 0) is 34.1 Å². The Labute approximate surface area is 75.1 Å². The maximum Gasteiger partial charge on any atom is 0.0506 e. The summed E-state index contributed by atoms with van der Waals surface area (Å²) in [6.45, 7) is 0. The summed E-state index contributed by atoms with van der Waals surface area (Å²) in [5, 5.41) is 0. The third-order valence-corrected chi connectivity index (χ3v) is 2.09. The molecule has 0 atom stereocenters. The van der Waals surface area contributed by atoms with Crippen molar-refractivity contribution < 1.29 is 0 Å². The molecule has 0 aliphatic rings. The van der Waals surface area contributed by atoms with E-state index in [2.05, 4.69) is 15.9 Å². The van der Waals surface area contributed by atoms with Gasteiger partial charge in [-0.1, -0.05) is 0 Å². The van der Waals surface area contributed by atoms with Gasteiger partial charge in [-0.3, -0.25) is 0 Å². The van der Waals surface area contributed by atoms with E-state index >= 15 is 0 Å². The Balaban J connectivity index is 3.09. The SMILES string of the molecule is CN(C)c1ccc(N)cc1Br. The Kier molecular flexibility index (Phi) is 2.39. The molecule has 0 aliphatic heterocycles. The molecule has 2 nitrogen and oxygen atoms in total. The van der Waals surface area contributed by atoms with Crippen LogP contribution in [0.1, 0.15) is 0 Å². The molecule has 0 aromatic heterocycles. The zero-order valence-corrected chi connectivity index (χ0v) is 8.22. The van der Waals surface area contributed by atoms with Crippen LogP contribution >= 0.6 is 15.9 Å². The lowest BCUT2D eigenvalue weighted by Gasteiger charge is -2.14. The van der Waals surface area contributed by atoms with Gasteiger partial charge in [-0.15, -0.1) is 0 Å². The van der Waals surface area contributed by atoms with Gasteiger partial charge >= 0.3 is 0 Å². The molecule has 0 aliphatic carbocycles. The standard InChI is InChI=1S/C8H11BrN2/c1-11(2)8-4-3-6(10)5-7(8)9/h3-5H,10H2,1-2H3. The molecule has 0 amide bonds. The van der Waals surface area contributed by atoms with E-state index in [1.54, 1.807) is 0 Å². The molecule has 0 radical (unpaired) electrons. The van der Waals surface area contributed by atoms with Crippen LogP contribution in [0.15, 0.2) is 22.7 Å². The largest absolute Gasteiger partial charge is 0.399 e. The first-order chi connectivity index (χ1) is 5.11. The van der Waals surface area contributed by atoms with E-state index in [0.717, 1.165) is 15.8 Å². The molecule has 60 valence electrons. The predicted molar refractivity (Wildman–Crippen MR) is 52.9 cm³/mol. The number of benzene rings is 1. The number of nitrogen functional groups attached to an aromatic ring is 1. The molecule has 1 aromatic rings. The summed E-state index contributed by atoms with van der Waals surface area (Å²) in [5.74, 6) is 0. The van der Waals surface area contributed by atoms with Gasteiger partial charge in [-0.25, -0.2) is 0 Å². The fourth-order valence-electron chi connectivity index (χ4n) is 0.886. The van der Waals surface area contributed by atoms with Crippen LogP contribution < -0.4 is 10.6 Å². The summed E-state index contributed by atoms with van der Waals surface area (Å²) in [7, 11) is 3.99. The van der Waals surface area contributed by atoms with Crippen molar-refractivity contribution in [3.63, 3.8) is 0 Å². The number of nitrogens with two attached hydrogens (primary N) is 1. The summed E-state index contributed by atoms with van der Waals surface area (Å²) in [5.41, 5.74) is 7.50. The number of rotatable bonds is 1. The van der Waals surface area contributed by atoms with Crippen molar-refractivity contribution in [2.24, 2.45) is 0 Å². The fourth-order valence-corrected chi connectivity index (χ4v) is 1.64. The van der Waals surface area contributed by atoms with Crippen molar-refractivity contribution in [1.29, 1.82) is 0 Å². The van der Waals surface area contributed by atoms with Crippen LogP contribution in [-0.4, -0.2) is 14.1 Å². The van der Waals surface area contributed by atoms with E-state index in [1.807, 2.05) is 37.2 Å². The number of nitrogens with zero attached hydrogens (tertiary/aromatic N) is 1. The van der Waals surface area contributed by atoms with Crippen LogP contribution in [0.2, 0.25) is 0 Å². The Morgan fingerprint density at radius 1 is 1.36 bits per heavy atom. The van der Waals surface area contributed by atoms with Crippen molar-refractivity contribution >= 4 is 27.3 Å². The van der Waals surface area contributed by atoms with Crippen molar-refractivity contribution in [1.82, 2.24) is 0 Å². The Morgan fingerprint density at radius 3 is 2.45 bits per heavy atom. The van der Waals surface area contributed by atoms with Crippen molar-refractivity contribution in [2.45, 2.75) is 0 Å². The molecule has 0 saturated carbocycles. The van der Waals surface area contributed by atoms with Crippen LogP contribution in [0, 0.1) is 0 Å². The van der Waals surface area contributed by atoms with Gasteiger partial charge in [0.25, 0.3) is 0 Å². The highest BCUT2D eigenvalue weighted by molar-refractivity contribution is 9.10. The molecule has 11 heavy (non-hydrogen) atoms. The molecule has 1 aromatic carbocycles. The molecule has 0 saturated heterocycles. The van der Waals surface area contributed by atoms with E-state index in [4.69, 9.17) is 5.73 Å². The van der Waals surface area contributed by atoms with E-state index < -0.39 is 0 Å². The fraction of sp³-hybridized carbons (Fsp3) is 0.250. The minimum Gasteiger partial charge on any atom is -0.399 e.